The summed E-state index contributed by atoms with van der Waals surface area (Å²) in [4.78, 5) is 52.5. The predicted octanol–water partition coefficient (Wildman–Crippen LogP) is 2.07. The molecule has 0 saturated carbocycles. The molecular weight excluding hydrogens is 516 g/mol. The Kier molecular flexibility index (Phi) is 7.49. The number of aromatic nitrogens is 2. The van der Waals surface area contributed by atoms with Gasteiger partial charge >= 0.3 is 0 Å². The quantitative estimate of drug-likeness (QED) is 0.370. The fourth-order valence-corrected chi connectivity index (χ4v) is 6.31. The van der Waals surface area contributed by atoms with E-state index in [1.807, 2.05) is 38.2 Å². The second kappa shape index (κ2) is 10.7. The first-order valence-corrected chi connectivity index (χ1v) is 14.1. The first-order valence-electron chi connectivity index (χ1n) is 13.3. The summed E-state index contributed by atoms with van der Waals surface area (Å²) >= 11 is 1.40. The minimum absolute atomic E-state index is 0.187. The van der Waals surface area contributed by atoms with Crippen LogP contribution in [0.1, 0.15) is 56.7 Å². The Labute approximate surface area is 231 Å². The summed E-state index contributed by atoms with van der Waals surface area (Å²) < 4.78 is 0. The minimum Gasteiger partial charge on any atom is -0.395 e. The molecule has 2 atom stereocenters. The highest BCUT2D eigenvalue weighted by atomic mass is 32.1. The van der Waals surface area contributed by atoms with Gasteiger partial charge in [0.1, 0.15) is 5.69 Å². The zero-order chi connectivity index (χ0) is 27.9. The van der Waals surface area contributed by atoms with Crippen LogP contribution in [0.3, 0.4) is 0 Å². The highest BCUT2D eigenvalue weighted by Crippen LogP contribution is 2.26. The van der Waals surface area contributed by atoms with Gasteiger partial charge in [0.2, 0.25) is 5.91 Å². The van der Waals surface area contributed by atoms with Crippen molar-refractivity contribution in [2.24, 2.45) is 5.41 Å². The molecule has 3 aromatic rings. The van der Waals surface area contributed by atoms with Gasteiger partial charge in [-0.05, 0) is 52.4 Å². The van der Waals surface area contributed by atoms with Gasteiger partial charge in [0, 0.05) is 48.4 Å². The van der Waals surface area contributed by atoms with Crippen molar-refractivity contribution in [1.82, 2.24) is 30.4 Å². The van der Waals surface area contributed by atoms with Crippen LogP contribution < -0.4 is 10.6 Å². The number of hydrogen-bond donors (Lipinski definition) is 4. The molecular formula is C28H36N6O4S. The van der Waals surface area contributed by atoms with Crippen molar-refractivity contribution in [3.05, 3.63) is 51.1 Å². The topological polar surface area (TPSA) is 131 Å². The third-order valence-corrected chi connectivity index (χ3v) is 8.73. The SMILES string of the molecule is Cc1ccc2[nH]c(C(=O)N[C@H]3CCN(C(=O)C(C)(C)CO)C[C@H]3NC(=O)c3nc4c(s3)CN(C)CC4)cc2c1. The number of likely N-dealkylation sites (N-methyl/N-ethyl adjacent to an activating group) is 1. The number of rotatable bonds is 6. The monoisotopic (exact) mass is 552 g/mol. The number of nitrogens with zero attached hydrogens (tertiary/aromatic N) is 3. The number of fused-ring (bicyclic) bond motifs is 2. The van der Waals surface area contributed by atoms with E-state index in [9.17, 15) is 19.5 Å². The number of carbonyl (C=O) groups is 3. The summed E-state index contributed by atoms with van der Waals surface area (Å²) in [6, 6.07) is 6.86. The van der Waals surface area contributed by atoms with Gasteiger partial charge in [-0.25, -0.2) is 4.98 Å². The highest BCUT2D eigenvalue weighted by Gasteiger charge is 2.39. The Morgan fingerprint density at radius 3 is 2.69 bits per heavy atom. The van der Waals surface area contributed by atoms with Gasteiger partial charge in [-0.2, -0.15) is 0 Å². The van der Waals surface area contributed by atoms with E-state index in [0.717, 1.165) is 46.5 Å². The molecule has 2 aliphatic heterocycles. The number of benzene rings is 1. The molecule has 10 nitrogen and oxygen atoms in total. The molecule has 0 aliphatic carbocycles. The number of aryl methyl sites for hydroxylation is 1. The maximum atomic E-state index is 13.4. The van der Waals surface area contributed by atoms with E-state index in [1.54, 1.807) is 18.7 Å². The number of H-pyrrole nitrogens is 1. The third-order valence-electron chi connectivity index (χ3n) is 7.64. The minimum atomic E-state index is -0.937. The van der Waals surface area contributed by atoms with E-state index in [2.05, 4.69) is 25.5 Å². The molecule has 1 fully saturated rings. The number of likely N-dealkylation sites (tertiary alicyclic amines) is 1. The van der Waals surface area contributed by atoms with Crippen LogP contribution >= 0.6 is 11.3 Å². The van der Waals surface area contributed by atoms with Crippen molar-refractivity contribution < 1.29 is 19.5 Å². The molecule has 0 bridgehead atoms. The zero-order valence-electron chi connectivity index (χ0n) is 22.8. The van der Waals surface area contributed by atoms with E-state index in [-0.39, 0.29) is 30.9 Å². The van der Waals surface area contributed by atoms with Gasteiger partial charge in [-0.15, -0.1) is 11.3 Å². The van der Waals surface area contributed by atoms with E-state index in [1.165, 1.54) is 11.3 Å². The average Bonchev–Trinajstić information content (AvgIpc) is 3.53. The van der Waals surface area contributed by atoms with Crippen molar-refractivity contribution in [1.29, 1.82) is 0 Å². The molecule has 0 unspecified atom stereocenters. The normalized spacial score (nSPS) is 20.1. The van der Waals surface area contributed by atoms with Crippen LogP contribution in [-0.2, 0) is 17.8 Å². The molecule has 0 radical (unpaired) electrons. The molecule has 5 rings (SSSR count). The van der Waals surface area contributed by atoms with Crippen LogP contribution in [0.25, 0.3) is 10.9 Å². The smallest absolute Gasteiger partial charge is 0.280 e. The van der Waals surface area contributed by atoms with E-state index in [4.69, 9.17) is 0 Å². The summed E-state index contributed by atoms with van der Waals surface area (Å²) in [5, 5.41) is 17.2. The second-order valence-corrected chi connectivity index (χ2v) is 12.5. The lowest BCUT2D eigenvalue weighted by Gasteiger charge is -2.41. The fraction of sp³-hybridized carbons (Fsp3) is 0.500. The molecule has 1 saturated heterocycles. The molecule has 1 aromatic carbocycles. The first kappa shape index (κ1) is 27.3. The summed E-state index contributed by atoms with van der Waals surface area (Å²) in [6.45, 7) is 7.42. The van der Waals surface area contributed by atoms with E-state index < -0.39 is 17.5 Å². The van der Waals surface area contributed by atoms with Gasteiger partial charge < -0.3 is 30.5 Å². The van der Waals surface area contributed by atoms with Crippen LogP contribution in [-0.4, -0.2) is 88.0 Å². The number of carbonyl (C=O) groups excluding carboxylic acids is 3. The molecule has 4 N–H and O–H groups in total. The number of nitrogens with one attached hydrogen (secondary N) is 3. The van der Waals surface area contributed by atoms with Crippen molar-refractivity contribution in [3.8, 4) is 0 Å². The molecule has 0 spiro atoms. The van der Waals surface area contributed by atoms with Crippen LogP contribution in [0.2, 0.25) is 0 Å². The summed E-state index contributed by atoms with van der Waals surface area (Å²) in [5.41, 5.74) is 2.45. The number of piperidine rings is 1. The maximum absolute atomic E-state index is 13.4. The Morgan fingerprint density at radius 1 is 1.15 bits per heavy atom. The molecule has 2 aromatic heterocycles. The summed E-state index contributed by atoms with van der Waals surface area (Å²) in [5.74, 6) is -0.762. The summed E-state index contributed by atoms with van der Waals surface area (Å²) in [7, 11) is 2.05. The van der Waals surface area contributed by atoms with Gasteiger partial charge in [-0.3, -0.25) is 14.4 Å². The molecule has 3 amide bonds. The fourth-order valence-electron chi connectivity index (χ4n) is 5.22. The lowest BCUT2D eigenvalue weighted by atomic mass is 9.90. The predicted molar refractivity (Wildman–Crippen MR) is 150 cm³/mol. The molecule has 4 heterocycles. The van der Waals surface area contributed by atoms with E-state index in [0.29, 0.717) is 23.7 Å². The number of hydrogen-bond acceptors (Lipinski definition) is 7. The largest absolute Gasteiger partial charge is 0.395 e. The third kappa shape index (κ3) is 5.70. The van der Waals surface area contributed by atoms with Crippen molar-refractivity contribution in [2.75, 3.05) is 33.3 Å². The average molecular weight is 553 g/mol. The Morgan fingerprint density at radius 2 is 1.92 bits per heavy atom. The maximum Gasteiger partial charge on any atom is 0.280 e. The van der Waals surface area contributed by atoms with Gasteiger partial charge in [-0.1, -0.05) is 11.6 Å². The Balaban J connectivity index is 1.35. The van der Waals surface area contributed by atoms with E-state index >= 15 is 0 Å². The first-order chi connectivity index (χ1) is 18.5. The molecule has 2 aliphatic rings. The molecule has 39 heavy (non-hydrogen) atoms. The zero-order valence-corrected chi connectivity index (χ0v) is 23.7. The van der Waals surface area contributed by atoms with Gasteiger partial charge in [0.25, 0.3) is 11.8 Å². The Bertz CT molecular complexity index is 1410. The van der Waals surface area contributed by atoms with Crippen molar-refractivity contribution >= 4 is 40.0 Å². The number of aromatic amines is 1. The lowest BCUT2D eigenvalue weighted by Crippen LogP contribution is -2.62. The van der Waals surface area contributed by atoms with Crippen molar-refractivity contribution in [3.63, 3.8) is 0 Å². The second-order valence-electron chi connectivity index (χ2n) is 11.4. The lowest BCUT2D eigenvalue weighted by molar-refractivity contribution is -0.144. The van der Waals surface area contributed by atoms with Crippen LogP contribution in [0, 0.1) is 12.3 Å². The van der Waals surface area contributed by atoms with Gasteiger partial charge in [0.05, 0.1) is 29.8 Å². The van der Waals surface area contributed by atoms with Crippen molar-refractivity contribution in [2.45, 2.75) is 52.2 Å². The number of aliphatic hydroxyl groups excluding tert-OH is 1. The Hall–Kier alpha value is -3.28. The molecule has 208 valence electrons. The van der Waals surface area contributed by atoms with Crippen LogP contribution in [0.5, 0.6) is 0 Å². The van der Waals surface area contributed by atoms with Gasteiger partial charge in [0.15, 0.2) is 5.01 Å². The molecule has 11 heteroatoms. The number of thiazole rings is 1. The van der Waals surface area contributed by atoms with Crippen LogP contribution in [0.15, 0.2) is 24.3 Å². The van der Waals surface area contributed by atoms with Crippen LogP contribution in [0.4, 0.5) is 0 Å². The highest BCUT2D eigenvalue weighted by molar-refractivity contribution is 7.13. The summed E-state index contributed by atoms with van der Waals surface area (Å²) in [6.07, 6.45) is 1.27. The standard InChI is InChI=1S/C28H36N6O4S/c1-16-5-6-18-17(11-16)12-21(29-18)24(36)30-19-8-10-34(27(38)28(2,3)15-35)13-22(19)31-25(37)26-32-20-7-9-33(4)14-23(20)39-26/h5-6,11-12,19,22,29,35H,7-10,13-15H2,1-4H3,(H,30,36)(H,31,37)/t19-,22+/m0/s1. The number of amides is 3. The number of aliphatic hydroxyl groups is 1.